The molecule has 1 aliphatic heterocycles. The summed E-state index contributed by atoms with van der Waals surface area (Å²) in [6.07, 6.45) is 1.81. The van der Waals surface area contributed by atoms with E-state index >= 15 is 0 Å². The fraction of sp³-hybridized carbons (Fsp3) is 0.267. The summed E-state index contributed by atoms with van der Waals surface area (Å²) in [7, 11) is 0. The molecule has 0 saturated carbocycles. The van der Waals surface area contributed by atoms with E-state index in [0.717, 1.165) is 30.8 Å². The molecule has 106 valence electrons. The van der Waals surface area contributed by atoms with Crippen molar-refractivity contribution < 1.29 is 4.39 Å². The first kappa shape index (κ1) is 13.3. The van der Waals surface area contributed by atoms with Crippen LogP contribution in [-0.2, 0) is 13.0 Å². The molecule has 1 N–H and O–H groups in total. The minimum absolute atomic E-state index is 0.0276. The van der Waals surface area contributed by atoms with Crippen LogP contribution in [-0.4, -0.2) is 16.3 Å². The van der Waals surface area contributed by atoms with Crippen molar-refractivity contribution >= 4 is 5.69 Å². The number of hydrogen-bond acceptors (Lipinski definition) is 4. The number of hydrogen-bond donors (Lipinski definition) is 1. The molecule has 0 spiro atoms. The number of nitrogens with one attached hydrogen (secondary N) is 1. The normalized spacial score (nSPS) is 13.1. The van der Waals surface area contributed by atoms with Gasteiger partial charge in [-0.2, -0.15) is 10.4 Å². The lowest BCUT2D eigenvalue weighted by atomic mass is 10.1. The molecule has 0 atom stereocenters. The Balaban J connectivity index is 1.95. The zero-order valence-electron chi connectivity index (χ0n) is 11.3. The Kier molecular flexibility index (Phi) is 3.40. The summed E-state index contributed by atoms with van der Waals surface area (Å²) < 4.78 is 14.6. The SMILES string of the molecule is N#Cc1cc(Cn2nc3c(cc2=O)NCCC3)ccc1F. The highest BCUT2D eigenvalue weighted by atomic mass is 19.1. The molecule has 6 heteroatoms. The smallest absolute Gasteiger partial charge is 0.269 e. The molecule has 2 aromatic rings. The quantitative estimate of drug-likeness (QED) is 0.910. The highest BCUT2D eigenvalue weighted by molar-refractivity contribution is 5.48. The zero-order valence-corrected chi connectivity index (χ0v) is 11.3. The van der Waals surface area contributed by atoms with Crippen LogP contribution >= 0.6 is 0 Å². The molecule has 0 unspecified atom stereocenters. The van der Waals surface area contributed by atoms with Crippen LogP contribution < -0.4 is 10.9 Å². The Labute approximate surface area is 120 Å². The molecule has 0 fully saturated rings. The summed E-state index contributed by atoms with van der Waals surface area (Å²) >= 11 is 0. The first-order valence-electron chi connectivity index (χ1n) is 6.71. The second-order valence-corrected chi connectivity index (χ2v) is 4.96. The standard InChI is InChI=1S/C15H13FN4O/c16-12-4-3-10(6-11(12)8-17)9-20-15(21)7-14-13(19-20)2-1-5-18-14/h3-4,6-7,18H,1-2,5,9H2. The van der Waals surface area contributed by atoms with Crippen LogP contribution in [0.25, 0.3) is 0 Å². The Morgan fingerprint density at radius 2 is 2.29 bits per heavy atom. The highest BCUT2D eigenvalue weighted by Crippen LogP contribution is 2.17. The van der Waals surface area contributed by atoms with Crippen molar-refractivity contribution in [3.63, 3.8) is 0 Å². The Bertz CT molecular complexity index is 791. The number of aryl methyl sites for hydroxylation is 1. The molecule has 0 aliphatic carbocycles. The van der Waals surface area contributed by atoms with E-state index in [1.54, 1.807) is 12.1 Å². The summed E-state index contributed by atoms with van der Waals surface area (Å²) in [5.41, 5.74) is 2.08. The van der Waals surface area contributed by atoms with Gasteiger partial charge in [-0.25, -0.2) is 9.07 Å². The molecule has 1 aromatic carbocycles. The summed E-state index contributed by atoms with van der Waals surface area (Å²) in [5.74, 6) is -0.559. The summed E-state index contributed by atoms with van der Waals surface area (Å²) in [6, 6.07) is 7.57. The molecule has 1 aliphatic rings. The molecule has 5 nitrogen and oxygen atoms in total. The Hall–Kier alpha value is -2.68. The third-order valence-corrected chi connectivity index (χ3v) is 3.46. The highest BCUT2D eigenvalue weighted by Gasteiger charge is 2.13. The molecular weight excluding hydrogens is 271 g/mol. The summed E-state index contributed by atoms with van der Waals surface area (Å²) in [4.78, 5) is 12.0. The van der Waals surface area contributed by atoms with Crippen LogP contribution in [0.15, 0.2) is 29.1 Å². The van der Waals surface area contributed by atoms with Gasteiger partial charge < -0.3 is 5.32 Å². The number of benzene rings is 1. The van der Waals surface area contributed by atoms with Gasteiger partial charge in [0.2, 0.25) is 0 Å². The molecule has 2 heterocycles. The molecule has 0 bridgehead atoms. The number of rotatable bonds is 2. The van der Waals surface area contributed by atoms with Crippen LogP contribution in [0.5, 0.6) is 0 Å². The molecule has 1 aromatic heterocycles. The maximum absolute atomic E-state index is 13.3. The van der Waals surface area contributed by atoms with Crippen LogP contribution in [0.2, 0.25) is 0 Å². The van der Waals surface area contributed by atoms with Gasteiger partial charge in [-0.15, -0.1) is 0 Å². The van der Waals surface area contributed by atoms with Crippen molar-refractivity contribution in [2.75, 3.05) is 11.9 Å². The predicted molar refractivity (Wildman–Crippen MR) is 75.5 cm³/mol. The maximum Gasteiger partial charge on any atom is 0.269 e. The first-order valence-corrected chi connectivity index (χ1v) is 6.71. The van der Waals surface area contributed by atoms with E-state index in [4.69, 9.17) is 5.26 Å². The minimum atomic E-state index is -0.559. The van der Waals surface area contributed by atoms with Gasteiger partial charge in [0.05, 0.1) is 23.5 Å². The van der Waals surface area contributed by atoms with Gasteiger partial charge in [-0.05, 0) is 30.5 Å². The van der Waals surface area contributed by atoms with Gasteiger partial charge in [-0.3, -0.25) is 4.79 Å². The summed E-state index contributed by atoms with van der Waals surface area (Å²) in [6.45, 7) is 1.07. The average Bonchev–Trinajstić information content (AvgIpc) is 2.50. The number of nitriles is 1. The van der Waals surface area contributed by atoms with Gasteiger partial charge in [-0.1, -0.05) is 6.07 Å². The lowest BCUT2D eigenvalue weighted by molar-refractivity contribution is 0.601. The van der Waals surface area contributed by atoms with E-state index in [9.17, 15) is 9.18 Å². The minimum Gasteiger partial charge on any atom is -0.383 e. The first-order chi connectivity index (χ1) is 10.2. The number of nitrogens with zero attached hydrogens (tertiary/aromatic N) is 3. The van der Waals surface area contributed by atoms with Gasteiger partial charge in [0, 0.05) is 12.6 Å². The third kappa shape index (κ3) is 2.63. The monoisotopic (exact) mass is 284 g/mol. The Morgan fingerprint density at radius 3 is 3.10 bits per heavy atom. The maximum atomic E-state index is 13.3. The van der Waals surface area contributed by atoms with Crippen LogP contribution in [0.1, 0.15) is 23.2 Å². The van der Waals surface area contributed by atoms with Crippen molar-refractivity contribution in [2.24, 2.45) is 0 Å². The van der Waals surface area contributed by atoms with Crippen LogP contribution in [0.3, 0.4) is 0 Å². The molecule has 0 radical (unpaired) electrons. The lowest BCUT2D eigenvalue weighted by Gasteiger charge is -2.17. The predicted octanol–water partition coefficient (Wildman–Crippen LogP) is 1.66. The largest absolute Gasteiger partial charge is 0.383 e. The van der Waals surface area contributed by atoms with E-state index in [1.165, 1.54) is 22.9 Å². The fourth-order valence-corrected chi connectivity index (χ4v) is 2.39. The molecule has 0 saturated heterocycles. The second kappa shape index (κ2) is 5.37. The Morgan fingerprint density at radius 1 is 1.43 bits per heavy atom. The lowest BCUT2D eigenvalue weighted by Crippen LogP contribution is -2.27. The van der Waals surface area contributed by atoms with Crippen molar-refractivity contribution in [2.45, 2.75) is 19.4 Å². The van der Waals surface area contributed by atoms with Gasteiger partial charge >= 0.3 is 0 Å². The van der Waals surface area contributed by atoms with E-state index in [-0.39, 0.29) is 17.7 Å². The topological polar surface area (TPSA) is 70.7 Å². The van der Waals surface area contributed by atoms with E-state index < -0.39 is 5.82 Å². The van der Waals surface area contributed by atoms with Crippen molar-refractivity contribution in [3.8, 4) is 6.07 Å². The van der Waals surface area contributed by atoms with Gasteiger partial charge in [0.15, 0.2) is 0 Å². The average molecular weight is 284 g/mol. The van der Waals surface area contributed by atoms with Crippen molar-refractivity contribution in [3.05, 3.63) is 57.3 Å². The van der Waals surface area contributed by atoms with Gasteiger partial charge in [0.1, 0.15) is 11.9 Å². The fourth-order valence-electron chi connectivity index (χ4n) is 2.39. The van der Waals surface area contributed by atoms with Crippen molar-refractivity contribution in [1.29, 1.82) is 5.26 Å². The second-order valence-electron chi connectivity index (χ2n) is 4.96. The molecule has 21 heavy (non-hydrogen) atoms. The van der Waals surface area contributed by atoms with E-state index in [1.807, 2.05) is 0 Å². The van der Waals surface area contributed by atoms with Crippen LogP contribution in [0.4, 0.5) is 10.1 Å². The molecule has 0 amide bonds. The zero-order chi connectivity index (χ0) is 14.8. The van der Waals surface area contributed by atoms with Crippen molar-refractivity contribution in [1.82, 2.24) is 9.78 Å². The van der Waals surface area contributed by atoms with Crippen LogP contribution in [0, 0.1) is 17.1 Å². The number of fused-ring (bicyclic) bond motifs is 1. The number of anilines is 1. The number of aromatic nitrogens is 2. The van der Waals surface area contributed by atoms with E-state index in [0.29, 0.717) is 5.56 Å². The molecule has 3 rings (SSSR count). The van der Waals surface area contributed by atoms with Gasteiger partial charge in [0.25, 0.3) is 5.56 Å². The summed E-state index contributed by atoms with van der Waals surface area (Å²) in [5, 5.41) is 16.3. The van der Waals surface area contributed by atoms with E-state index in [2.05, 4.69) is 10.4 Å². The molecular formula is C15H13FN4O. The third-order valence-electron chi connectivity index (χ3n) is 3.46. The number of halogens is 1.